The number of thioether (sulfide) groups is 1. The van der Waals surface area contributed by atoms with Crippen LogP contribution in [0.5, 0.6) is 5.75 Å². The van der Waals surface area contributed by atoms with E-state index in [9.17, 15) is 9.59 Å². The van der Waals surface area contributed by atoms with Crippen molar-refractivity contribution in [3.63, 3.8) is 0 Å². The first kappa shape index (κ1) is 19.3. The van der Waals surface area contributed by atoms with Crippen LogP contribution in [0.3, 0.4) is 0 Å². The van der Waals surface area contributed by atoms with Crippen LogP contribution < -0.4 is 4.74 Å². The molecule has 27 heavy (non-hydrogen) atoms. The zero-order chi connectivity index (χ0) is 19.2. The van der Waals surface area contributed by atoms with Crippen molar-refractivity contribution in [1.29, 1.82) is 0 Å². The number of piperidine rings is 1. The van der Waals surface area contributed by atoms with E-state index in [1.807, 2.05) is 53.4 Å². The average molecular weight is 385 g/mol. The van der Waals surface area contributed by atoms with Gasteiger partial charge in [0.2, 0.25) is 0 Å². The van der Waals surface area contributed by atoms with Crippen LogP contribution in [0.4, 0.5) is 0 Å². The van der Waals surface area contributed by atoms with Crippen LogP contribution in [0, 0.1) is 0 Å². The number of hydrogen-bond acceptors (Lipinski definition) is 4. The highest BCUT2D eigenvalue weighted by molar-refractivity contribution is 8.00. The standard InChI is InChI=1S/C21H23NO4S/c1-15(21(24)25)27-19-10-6-5-9-18(19)20(23)22-13-11-17(12-14-22)26-16-7-3-2-4-8-16/h2-10,15,17H,11-14H2,1H3,(H,24,25). The van der Waals surface area contributed by atoms with Gasteiger partial charge in [-0.25, -0.2) is 0 Å². The van der Waals surface area contributed by atoms with E-state index in [-0.39, 0.29) is 12.0 Å². The number of carbonyl (C=O) groups excluding carboxylic acids is 1. The second-order valence-electron chi connectivity index (χ2n) is 6.52. The van der Waals surface area contributed by atoms with E-state index in [1.165, 1.54) is 11.8 Å². The number of aliphatic carboxylic acids is 1. The molecule has 142 valence electrons. The van der Waals surface area contributed by atoms with Gasteiger partial charge < -0.3 is 14.7 Å². The topological polar surface area (TPSA) is 66.8 Å². The van der Waals surface area contributed by atoms with Gasteiger partial charge in [-0.2, -0.15) is 0 Å². The average Bonchev–Trinajstić information content (AvgIpc) is 2.69. The molecule has 1 heterocycles. The van der Waals surface area contributed by atoms with Crippen molar-refractivity contribution in [2.75, 3.05) is 13.1 Å². The molecule has 1 fully saturated rings. The monoisotopic (exact) mass is 385 g/mol. The number of benzene rings is 2. The van der Waals surface area contributed by atoms with E-state index < -0.39 is 11.2 Å². The molecule has 1 saturated heterocycles. The van der Waals surface area contributed by atoms with Crippen LogP contribution in [0.2, 0.25) is 0 Å². The third-order valence-corrected chi connectivity index (χ3v) is 5.71. The summed E-state index contributed by atoms with van der Waals surface area (Å²) in [6, 6.07) is 16.9. The van der Waals surface area contributed by atoms with Gasteiger partial charge in [0.05, 0.1) is 5.56 Å². The minimum Gasteiger partial charge on any atom is -0.490 e. The third kappa shape index (κ3) is 5.04. The van der Waals surface area contributed by atoms with Crippen molar-refractivity contribution in [3.05, 3.63) is 60.2 Å². The molecule has 1 aliphatic heterocycles. The minimum atomic E-state index is -0.888. The van der Waals surface area contributed by atoms with Crippen LogP contribution in [0.1, 0.15) is 30.1 Å². The summed E-state index contributed by atoms with van der Waals surface area (Å²) >= 11 is 1.20. The van der Waals surface area contributed by atoms with Crippen LogP contribution >= 0.6 is 11.8 Å². The Balaban J connectivity index is 1.62. The van der Waals surface area contributed by atoms with E-state index in [0.717, 1.165) is 18.6 Å². The molecule has 1 atom stereocenters. The number of para-hydroxylation sites is 1. The Labute approximate surface area is 163 Å². The van der Waals surface area contributed by atoms with Crippen molar-refractivity contribution in [2.45, 2.75) is 36.0 Å². The fraction of sp³-hybridized carbons (Fsp3) is 0.333. The van der Waals surface area contributed by atoms with Gasteiger partial charge in [0, 0.05) is 30.8 Å². The molecule has 1 N–H and O–H groups in total. The number of ether oxygens (including phenoxy) is 1. The molecular weight excluding hydrogens is 362 g/mol. The van der Waals surface area contributed by atoms with Crippen LogP contribution in [0.25, 0.3) is 0 Å². The van der Waals surface area contributed by atoms with Gasteiger partial charge >= 0.3 is 5.97 Å². The molecule has 5 nitrogen and oxygen atoms in total. The summed E-state index contributed by atoms with van der Waals surface area (Å²) in [7, 11) is 0. The number of hydrogen-bond donors (Lipinski definition) is 1. The highest BCUT2D eigenvalue weighted by atomic mass is 32.2. The molecule has 0 bridgehead atoms. The quantitative estimate of drug-likeness (QED) is 0.763. The van der Waals surface area contributed by atoms with Gasteiger partial charge in [0.15, 0.2) is 0 Å². The van der Waals surface area contributed by atoms with Crippen molar-refractivity contribution < 1.29 is 19.4 Å². The van der Waals surface area contributed by atoms with Crippen molar-refractivity contribution in [2.24, 2.45) is 0 Å². The summed E-state index contributed by atoms with van der Waals surface area (Å²) < 4.78 is 5.98. The predicted molar refractivity (Wildman–Crippen MR) is 105 cm³/mol. The molecular formula is C21H23NO4S. The first-order valence-electron chi connectivity index (χ1n) is 9.04. The second kappa shape index (κ2) is 8.95. The van der Waals surface area contributed by atoms with Crippen LogP contribution in [0.15, 0.2) is 59.5 Å². The number of likely N-dealkylation sites (tertiary alicyclic amines) is 1. The first-order valence-corrected chi connectivity index (χ1v) is 9.92. The van der Waals surface area contributed by atoms with Crippen LogP contribution in [-0.2, 0) is 4.79 Å². The Morgan fingerprint density at radius 3 is 2.37 bits per heavy atom. The highest BCUT2D eigenvalue weighted by Gasteiger charge is 2.26. The normalized spacial score (nSPS) is 16.0. The van der Waals surface area contributed by atoms with E-state index >= 15 is 0 Å². The lowest BCUT2D eigenvalue weighted by atomic mass is 10.1. The maximum atomic E-state index is 13.0. The van der Waals surface area contributed by atoms with Crippen LogP contribution in [-0.4, -0.2) is 46.3 Å². The summed E-state index contributed by atoms with van der Waals surface area (Å²) in [5.41, 5.74) is 0.568. The van der Waals surface area contributed by atoms with E-state index in [0.29, 0.717) is 23.5 Å². The maximum Gasteiger partial charge on any atom is 0.316 e. The summed E-state index contributed by atoms with van der Waals surface area (Å²) in [6.07, 6.45) is 1.66. The summed E-state index contributed by atoms with van der Waals surface area (Å²) in [5.74, 6) is -0.0818. The molecule has 0 saturated carbocycles. The van der Waals surface area contributed by atoms with Crippen molar-refractivity contribution in [3.8, 4) is 5.75 Å². The molecule has 0 aromatic heterocycles. The van der Waals surface area contributed by atoms with Gasteiger partial charge in [0.1, 0.15) is 17.1 Å². The zero-order valence-electron chi connectivity index (χ0n) is 15.2. The molecule has 1 aliphatic rings. The van der Waals surface area contributed by atoms with Crippen molar-refractivity contribution >= 4 is 23.6 Å². The maximum absolute atomic E-state index is 13.0. The Morgan fingerprint density at radius 2 is 1.70 bits per heavy atom. The third-order valence-electron chi connectivity index (χ3n) is 4.54. The lowest BCUT2D eigenvalue weighted by Crippen LogP contribution is -2.42. The fourth-order valence-corrected chi connectivity index (χ4v) is 3.95. The van der Waals surface area contributed by atoms with E-state index in [4.69, 9.17) is 9.84 Å². The van der Waals surface area contributed by atoms with E-state index in [1.54, 1.807) is 13.0 Å². The number of carbonyl (C=O) groups is 2. The van der Waals surface area contributed by atoms with Gasteiger partial charge in [-0.15, -0.1) is 11.8 Å². The fourth-order valence-electron chi connectivity index (χ4n) is 3.03. The second-order valence-corrected chi connectivity index (χ2v) is 7.90. The molecule has 6 heteroatoms. The number of nitrogens with zero attached hydrogens (tertiary/aromatic N) is 1. The molecule has 1 amide bonds. The minimum absolute atomic E-state index is 0.0474. The Hall–Kier alpha value is -2.47. The molecule has 1 unspecified atom stereocenters. The lowest BCUT2D eigenvalue weighted by Gasteiger charge is -2.32. The smallest absolute Gasteiger partial charge is 0.316 e. The Kier molecular flexibility index (Phi) is 6.40. The van der Waals surface area contributed by atoms with Crippen molar-refractivity contribution in [1.82, 2.24) is 4.90 Å². The predicted octanol–water partition coefficient (Wildman–Crippen LogP) is 3.94. The van der Waals surface area contributed by atoms with Gasteiger partial charge in [0.25, 0.3) is 5.91 Å². The molecule has 0 spiro atoms. The lowest BCUT2D eigenvalue weighted by molar-refractivity contribution is -0.136. The number of amides is 1. The Morgan fingerprint density at radius 1 is 1.07 bits per heavy atom. The summed E-state index contributed by atoms with van der Waals surface area (Å²) in [4.78, 5) is 26.6. The summed E-state index contributed by atoms with van der Waals surface area (Å²) in [5, 5.41) is 8.53. The first-order chi connectivity index (χ1) is 13.0. The van der Waals surface area contributed by atoms with E-state index in [2.05, 4.69) is 0 Å². The summed E-state index contributed by atoms with van der Waals surface area (Å²) in [6.45, 7) is 2.88. The zero-order valence-corrected chi connectivity index (χ0v) is 16.0. The molecule has 3 rings (SSSR count). The molecule has 2 aromatic carbocycles. The molecule has 0 aliphatic carbocycles. The largest absolute Gasteiger partial charge is 0.490 e. The van der Waals surface area contributed by atoms with Gasteiger partial charge in [-0.3, -0.25) is 9.59 Å². The van der Waals surface area contributed by atoms with Gasteiger partial charge in [-0.1, -0.05) is 30.3 Å². The van der Waals surface area contributed by atoms with Gasteiger partial charge in [-0.05, 0) is 31.2 Å². The number of carboxylic acids is 1. The highest BCUT2D eigenvalue weighted by Crippen LogP contribution is 2.29. The number of carboxylic acid groups (broad SMARTS) is 1. The number of rotatable bonds is 6. The molecule has 2 aromatic rings. The Bertz CT molecular complexity index is 788. The SMILES string of the molecule is CC(Sc1ccccc1C(=O)N1CCC(Oc2ccccc2)CC1)C(=O)O. The molecule has 0 radical (unpaired) electrons.